The molecule has 2 aromatic heterocycles. The Morgan fingerprint density at radius 1 is 1.33 bits per heavy atom. The number of amides is 1. The second kappa shape index (κ2) is 7.86. The van der Waals surface area contributed by atoms with E-state index in [1.54, 1.807) is 24.8 Å². The summed E-state index contributed by atoms with van der Waals surface area (Å²) in [6.07, 6.45) is 9.82. The van der Waals surface area contributed by atoms with Gasteiger partial charge in [0.05, 0.1) is 11.3 Å². The predicted octanol–water partition coefficient (Wildman–Crippen LogP) is 2.08. The summed E-state index contributed by atoms with van der Waals surface area (Å²) >= 11 is 0. The highest BCUT2D eigenvalue weighted by Gasteiger charge is 2.22. The monoisotopic (exact) mass is 325 g/mol. The summed E-state index contributed by atoms with van der Waals surface area (Å²) in [5.74, 6) is 1.34. The van der Waals surface area contributed by atoms with Gasteiger partial charge in [0.1, 0.15) is 5.82 Å². The van der Waals surface area contributed by atoms with Crippen LogP contribution < -0.4 is 10.2 Å². The number of pyridine rings is 1. The van der Waals surface area contributed by atoms with E-state index in [9.17, 15) is 4.79 Å². The molecular formula is C18H23N5O. The zero-order chi connectivity index (χ0) is 16.8. The number of hydrogen-bond acceptors (Lipinski definition) is 5. The Kier molecular flexibility index (Phi) is 5.36. The first-order valence-corrected chi connectivity index (χ1v) is 8.47. The Hall–Kier alpha value is -2.50. The van der Waals surface area contributed by atoms with Crippen molar-refractivity contribution in [3.63, 3.8) is 0 Å². The van der Waals surface area contributed by atoms with Crippen LogP contribution in [0.25, 0.3) is 0 Å². The van der Waals surface area contributed by atoms with Gasteiger partial charge in [-0.05, 0) is 30.9 Å². The van der Waals surface area contributed by atoms with Gasteiger partial charge in [0.2, 0.25) is 0 Å². The SMILES string of the molecule is CC1CCCN(c2ncccc2C(=O)NCCc2cnccn2)C1. The molecule has 1 saturated heterocycles. The Morgan fingerprint density at radius 2 is 2.25 bits per heavy atom. The van der Waals surface area contributed by atoms with Crippen LogP contribution in [0.3, 0.4) is 0 Å². The van der Waals surface area contributed by atoms with E-state index >= 15 is 0 Å². The van der Waals surface area contributed by atoms with E-state index in [1.807, 2.05) is 12.1 Å². The Bertz CT molecular complexity index is 676. The molecule has 1 N–H and O–H groups in total. The largest absolute Gasteiger partial charge is 0.356 e. The van der Waals surface area contributed by atoms with Crippen LogP contribution in [-0.4, -0.2) is 40.5 Å². The number of rotatable bonds is 5. The van der Waals surface area contributed by atoms with Gasteiger partial charge in [-0.1, -0.05) is 6.92 Å². The molecule has 126 valence electrons. The molecule has 0 radical (unpaired) electrons. The molecule has 0 spiro atoms. The molecular weight excluding hydrogens is 302 g/mol. The second-order valence-corrected chi connectivity index (χ2v) is 6.27. The normalized spacial score (nSPS) is 17.5. The molecule has 6 nitrogen and oxygen atoms in total. The van der Waals surface area contributed by atoms with E-state index in [2.05, 4.69) is 32.1 Å². The van der Waals surface area contributed by atoms with Crippen molar-refractivity contribution in [2.24, 2.45) is 5.92 Å². The fourth-order valence-corrected chi connectivity index (χ4v) is 3.07. The molecule has 24 heavy (non-hydrogen) atoms. The molecule has 0 aromatic carbocycles. The molecule has 1 aliphatic rings. The van der Waals surface area contributed by atoms with E-state index in [0.29, 0.717) is 24.4 Å². The fraction of sp³-hybridized carbons (Fsp3) is 0.444. The van der Waals surface area contributed by atoms with Gasteiger partial charge >= 0.3 is 0 Å². The summed E-state index contributed by atoms with van der Waals surface area (Å²) in [4.78, 5) is 27.5. The minimum Gasteiger partial charge on any atom is -0.356 e. The lowest BCUT2D eigenvalue weighted by molar-refractivity contribution is 0.0954. The number of piperidine rings is 1. The second-order valence-electron chi connectivity index (χ2n) is 6.27. The lowest BCUT2D eigenvalue weighted by Gasteiger charge is -2.32. The van der Waals surface area contributed by atoms with Gasteiger partial charge in [-0.2, -0.15) is 0 Å². The molecule has 0 saturated carbocycles. The number of carbonyl (C=O) groups is 1. The van der Waals surface area contributed by atoms with Gasteiger partial charge in [0.25, 0.3) is 5.91 Å². The summed E-state index contributed by atoms with van der Waals surface area (Å²) in [6.45, 7) is 4.69. The van der Waals surface area contributed by atoms with Crippen molar-refractivity contribution in [2.75, 3.05) is 24.5 Å². The van der Waals surface area contributed by atoms with Crippen molar-refractivity contribution < 1.29 is 4.79 Å². The number of aromatic nitrogens is 3. The molecule has 1 fully saturated rings. The molecule has 1 unspecified atom stereocenters. The third-order valence-electron chi connectivity index (χ3n) is 4.27. The summed E-state index contributed by atoms with van der Waals surface area (Å²) in [6, 6.07) is 3.66. The van der Waals surface area contributed by atoms with E-state index in [-0.39, 0.29) is 5.91 Å². The van der Waals surface area contributed by atoms with E-state index in [1.165, 1.54) is 6.42 Å². The van der Waals surface area contributed by atoms with Gasteiger partial charge in [-0.3, -0.25) is 14.8 Å². The molecule has 1 aliphatic heterocycles. The molecule has 2 aromatic rings. The standard InChI is InChI=1S/C18H23N5O/c1-14-4-3-11-23(13-14)17-16(5-2-7-21-17)18(24)22-8-6-15-12-19-9-10-20-15/h2,5,7,9-10,12,14H,3-4,6,8,11,13H2,1H3,(H,22,24). The summed E-state index contributed by atoms with van der Waals surface area (Å²) < 4.78 is 0. The minimum atomic E-state index is -0.0831. The van der Waals surface area contributed by atoms with Gasteiger partial charge in [0, 0.05) is 50.8 Å². The first-order chi connectivity index (χ1) is 11.7. The summed E-state index contributed by atoms with van der Waals surface area (Å²) in [7, 11) is 0. The highest BCUT2D eigenvalue weighted by Crippen LogP contribution is 2.24. The zero-order valence-electron chi connectivity index (χ0n) is 14.0. The van der Waals surface area contributed by atoms with Crippen molar-refractivity contribution in [2.45, 2.75) is 26.2 Å². The lowest BCUT2D eigenvalue weighted by Crippen LogP contribution is -2.37. The summed E-state index contributed by atoms with van der Waals surface area (Å²) in [5.41, 5.74) is 1.51. The minimum absolute atomic E-state index is 0.0831. The topological polar surface area (TPSA) is 71.0 Å². The summed E-state index contributed by atoms with van der Waals surface area (Å²) in [5, 5.41) is 2.96. The van der Waals surface area contributed by atoms with Gasteiger partial charge < -0.3 is 10.2 Å². The molecule has 0 aliphatic carbocycles. The molecule has 3 rings (SSSR count). The van der Waals surface area contributed by atoms with E-state index < -0.39 is 0 Å². The van der Waals surface area contributed by atoms with Crippen LogP contribution in [0.2, 0.25) is 0 Å². The Balaban J connectivity index is 1.64. The first-order valence-electron chi connectivity index (χ1n) is 8.47. The van der Waals surface area contributed by atoms with Crippen LogP contribution in [-0.2, 0) is 6.42 Å². The third-order valence-corrected chi connectivity index (χ3v) is 4.27. The average molecular weight is 325 g/mol. The van der Waals surface area contributed by atoms with Crippen molar-refractivity contribution in [1.82, 2.24) is 20.3 Å². The molecule has 3 heterocycles. The molecule has 1 atom stereocenters. The van der Waals surface area contributed by atoms with Crippen LogP contribution >= 0.6 is 0 Å². The van der Waals surface area contributed by atoms with Crippen molar-refractivity contribution in [3.8, 4) is 0 Å². The Morgan fingerprint density at radius 3 is 3.04 bits per heavy atom. The highest BCUT2D eigenvalue weighted by molar-refractivity contribution is 5.98. The average Bonchev–Trinajstić information content (AvgIpc) is 2.62. The maximum atomic E-state index is 12.6. The maximum Gasteiger partial charge on any atom is 0.255 e. The van der Waals surface area contributed by atoms with Crippen LogP contribution in [0, 0.1) is 5.92 Å². The molecule has 0 bridgehead atoms. The number of nitrogens with zero attached hydrogens (tertiary/aromatic N) is 4. The predicted molar refractivity (Wildman–Crippen MR) is 92.9 cm³/mol. The van der Waals surface area contributed by atoms with Gasteiger partial charge in [0.15, 0.2) is 0 Å². The van der Waals surface area contributed by atoms with Crippen LogP contribution in [0.4, 0.5) is 5.82 Å². The van der Waals surface area contributed by atoms with Crippen molar-refractivity contribution in [3.05, 3.63) is 48.2 Å². The van der Waals surface area contributed by atoms with Gasteiger partial charge in [-0.15, -0.1) is 0 Å². The fourth-order valence-electron chi connectivity index (χ4n) is 3.07. The van der Waals surface area contributed by atoms with E-state index in [4.69, 9.17) is 0 Å². The van der Waals surface area contributed by atoms with E-state index in [0.717, 1.165) is 31.0 Å². The molecule has 1 amide bonds. The lowest BCUT2D eigenvalue weighted by atomic mass is 10.00. The number of hydrogen-bond donors (Lipinski definition) is 1. The van der Waals surface area contributed by atoms with Crippen LogP contribution in [0.1, 0.15) is 35.8 Å². The number of carbonyl (C=O) groups excluding carboxylic acids is 1. The molecule has 6 heteroatoms. The maximum absolute atomic E-state index is 12.6. The first kappa shape index (κ1) is 16.4. The number of anilines is 1. The quantitative estimate of drug-likeness (QED) is 0.911. The Labute approximate surface area is 142 Å². The number of nitrogens with one attached hydrogen (secondary N) is 1. The van der Waals surface area contributed by atoms with Crippen LogP contribution in [0.5, 0.6) is 0 Å². The van der Waals surface area contributed by atoms with Crippen molar-refractivity contribution in [1.29, 1.82) is 0 Å². The van der Waals surface area contributed by atoms with Crippen molar-refractivity contribution >= 4 is 11.7 Å². The smallest absolute Gasteiger partial charge is 0.255 e. The third kappa shape index (κ3) is 4.07. The van der Waals surface area contributed by atoms with Gasteiger partial charge in [-0.25, -0.2) is 4.98 Å². The highest BCUT2D eigenvalue weighted by atomic mass is 16.1. The van der Waals surface area contributed by atoms with Crippen LogP contribution in [0.15, 0.2) is 36.9 Å². The zero-order valence-corrected chi connectivity index (χ0v) is 14.0.